The summed E-state index contributed by atoms with van der Waals surface area (Å²) >= 11 is 0. The van der Waals surface area contributed by atoms with E-state index in [1.165, 1.54) is 0 Å². The quantitative estimate of drug-likeness (QED) is 0.667. The van der Waals surface area contributed by atoms with Gasteiger partial charge in [-0.25, -0.2) is 15.2 Å². The van der Waals surface area contributed by atoms with Crippen LogP contribution in [-0.2, 0) is 4.79 Å². The molecule has 6 unspecified atom stereocenters. The minimum atomic E-state index is -4.24. The molecule has 0 bridgehead atoms. The number of fused-ring (bicyclic) bond motifs is 1. The zero-order valence-corrected chi connectivity index (χ0v) is 17.8. The van der Waals surface area contributed by atoms with Crippen molar-refractivity contribution in [3.05, 3.63) is 0 Å². The highest BCUT2D eigenvalue weighted by Crippen LogP contribution is 2.49. The summed E-state index contributed by atoms with van der Waals surface area (Å²) in [5.41, 5.74) is 5.94. The number of hydrogen-bond donors (Lipinski definition) is 2. The smallest absolute Gasteiger partial charge is 0.339 e. The van der Waals surface area contributed by atoms with E-state index in [9.17, 15) is 18.0 Å². The maximum atomic E-state index is 15.2. The second kappa shape index (κ2) is 8.54. The van der Waals surface area contributed by atoms with Crippen LogP contribution in [-0.4, -0.2) is 60.5 Å². The molecule has 0 aromatic rings. The Hall–Kier alpha value is -0.930. The summed E-state index contributed by atoms with van der Waals surface area (Å²) < 4.78 is 55.8. The highest BCUT2D eigenvalue weighted by atomic mass is 19.4. The molecule has 4 aliphatic rings. The third kappa shape index (κ3) is 4.09. The van der Waals surface area contributed by atoms with Crippen molar-refractivity contribution >= 4 is 5.91 Å². The lowest BCUT2D eigenvalue weighted by Gasteiger charge is -2.40. The van der Waals surface area contributed by atoms with Gasteiger partial charge in [-0.1, -0.05) is 19.8 Å². The van der Waals surface area contributed by atoms with Crippen LogP contribution in [0.1, 0.15) is 51.9 Å². The fourth-order valence-corrected chi connectivity index (χ4v) is 6.41. The van der Waals surface area contributed by atoms with Gasteiger partial charge in [0, 0.05) is 18.5 Å². The van der Waals surface area contributed by atoms with Gasteiger partial charge < -0.3 is 4.90 Å². The number of likely N-dealkylation sites (tertiary alicyclic amines) is 1. The van der Waals surface area contributed by atoms with Crippen molar-refractivity contribution in [2.24, 2.45) is 29.6 Å². The zero-order valence-electron chi connectivity index (χ0n) is 17.8. The van der Waals surface area contributed by atoms with Crippen molar-refractivity contribution in [1.29, 1.82) is 0 Å². The molecule has 2 N–H and O–H groups in total. The molecule has 5 nitrogen and oxygen atoms in total. The molecule has 0 spiro atoms. The van der Waals surface area contributed by atoms with Gasteiger partial charge in [0.05, 0.1) is 12.6 Å². The second-order valence-electron chi connectivity index (χ2n) is 9.91. The van der Waals surface area contributed by atoms with Crippen LogP contribution in [0, 0.1) is 29.6 Å². The van der Waals surface area contributed by atoms with Crippen molar-refractivity contribution in [2.75, 3.05) is 20.3 Å². The zero-order chi connectivity index (χ0) is 21.6. The van der Waals surface area contributed by atoms with Crippen LogP contribution in [0.2, 0.25) is 0 Å². The number of nitrogens with zero attached hydrogens (tertiary/aromatic N) is 2. The number of carbonyl (C=O) groups excluding carboxylic acids is 1. The largest absolute Gasteiger partial charge is 0.392 e. The third-order valence-electron chi connectivity index (χ3n) is 8.22. The predicted molar refractivity (Wildman–Crippen MR) is 105 cm³/mol. The van der Waals surface area contributed by atoms with Crippen molar-refractivity contribution in [1.82, 2.24) is 20.7 Å². The SMILES string of the molecule is C[C@@H](C1CCCC(N2CC3C(CCCC3C(F)(F)F)C2=O)C1)[C@H](F)C1NNCN1C. The third-order valence-corrected chi connectivity index (χ3v) is 8.22. The number of carbonyl (C=O) groups is 1. The minimum absolute atomic E-state index is 0.0576. The van der Waals surface area contributed by atoms with Gasteiger partial charge in [0.1, 0.15) is 12.3 Å². The summed E-state index contributed by atoms with van der Waals surface area (Å²) in [6.45, 7) is 2.72. The van der Waals surface area contributed by atoms with E-state index in [-0.39, 0.29) is 42.9 Å². The molecule has 0 radical (unpaired) electrons. The van der Waals surface area contributed by atoms with Gasteiger partial charge in [0.25, 0.3) is 0 Å². The van der Waals surface area contributed by atoms with Crippen LogP contribution in [0.3, 0.4) is 0 Å². The Kier molecular flexibility index (Phi) is 6.34. The molecule has 0 aromatic carbocycles. The molecule has 2 saturated carbocycles. The summed E-state index contributed by atoms with van der Waals surface area (Å²) in [5, 5.41) is 0. The summed E-state index contributed by atoms with van der Waals surface area (Å²) in [7, 11) is 1.86. The van der Waals surface area contributed by atoms with Gasteiger partial charge in [-0.05, 0) is 56.9 Å². The van der Waals surface area contributed by atoms with E-state index >= 15 is 4.39 Å². The number of rotatable bonds is 4. The minimum Gasteiger partial charge on any atom is -0.339 e. The van der Waals surface area contributed by atoms with Crippen LogP contribution < -0.4 is 10.9 Å². The van der Waals surface area contributed by atoms with Crippen LogP contribution in [0.15, 0.2) is 0 Å². The highest BCUT2D eigenvalue weighted by molar-refractivity contribution is 5.82. The number of amides is 1. The number of alkyl halides is 4. The lowest BCUT2D eigenvalue weighted by Crippen LogP contribution is -2.48. The lowest BCUT2D eigenvalue weighted by molar-refractivity contribution is -0.198. The lowest BCUT2D eigenvalue weighted by atomic mass is 9.73. The van der Waals surface area contributed by atoms with E-state index in [1.54, 1.807) is 4.90 Å². The van der Waals surface area contributed by atoms with E-state index < -0.39 is 30.1 Å². The maximum Gasteiger partial charge on any atom is 0.392 e. The molecule has 4 rings (SSSR count). The highest BCUT2D eigenvalue weighted by Gasteiger charge is 2.55. The predicted octanol–water partition coefficient (Wildman–Crippen LogP) is 3.28. The summed E-state index contributed by atoms with van der Waals surface area (Å²) in [5.74, 6) is -2.61. The van der Waals surface area contributed by atoms with Gasteiger partial charge in [-0.2, -0.15) is 13.2 Å². The van der Waals surface area contributed by atoms with E-state index in [4.69, 9.17) is 0 Å². The fourth-order valence-electron chi connectivity index (χ4n) is 6.41. The number of nitrogens with one attached hydrogen (secondary N) is 2. The Balaban J connectivity index is 1.42. The van der Waals surface area contributed by atoms with Crippen molar-refractivity contribution in [3.63, 3.8) is 0 Å². The molecule has 0 aromatic heterocycles. The first kappa shape index (κ1) is 22.3. The standard InChI is InChI=1S/C21H34F4N4O/c1-12(18(22)19-27-26-11-28(19)2)13-5-3-6-14(9-13)29-10-16-15(20(29)30)7-4-8-17(16)21(23,24)25/h12-19,26-27H,3-11H2,1-2H3/t12-,13?,14?,15?,16?,17?,18-,19?/m0/s1. The van der Waals surface area contributed by atoms with Crippen LogP contribution >= 0.6 is 0 Å². The van der Waals surface area contributed by atoms with Crippen LogP contribution in [0.25, 0.3) is 0 Å². The van der Waals surface area contributed by atoms with E-state index in [0.29, 0.717) is 25.9 Å². The number of halogens is 4. The van der Waals surface area contributed by atoms with Gasteiger partial charge in [-0.15, -0.1) is 0 Å². The molecule has 4 fully saturated rings. The summed E-state index contributed by atoms with van der Waals surface area (Å²) in [6.07, 6.45) is -1.22. The number of hydrogen-bond acceptors (Lipinski definition) is 4. The van der Waals surface area contributed by atoms with Gasteiger partial charge in [-0.3, -0.25) is 9.69 Å². The molecule has 9 heteroatoms. The Bertz CT molecular complexity index is 633. The molecule has 2 heterocycles. The fraction of sp³-hybridized carbons (Fsp3) is 0.952. The molecule has 30 heavy (non-hydrogen) atoms. The average molecular weight is 435 g/mol. The van der Waals surface area contributed by atoms with Gasteiger partial charge in [0.15, 0.2) is 0 Å². The van der Waals surface area contributed by atoms with Crippen molar-refractivity contribution in [3.8, 4) is 0 Å². The Morgan fingerprint density at radius 1 is 1.13 bits per heavy atom. The van der Waals surface area contributed by atoms with E-state index in [0.717, 1.165) is 19.3 Å². The van der Waals surface area contributed by atoms with Crippen molar-refractivity contribution < 1.29 is 22.4 Å². The summed E-state index contributed by atoms with van der Waals surface area (Å²) in [6, 6.07) is -0.0576. The Morgan fingerprint density at radius 2 is 1.87 bits per heavy atom. The molecular formula is C21H34F4N4O. The average Bonchev–Trinajstić information content (AvgIpc) is 3.29. The molecule has 1 amide bonds. The normalized spacial score (nSPS) is 40.5. The molecule has 172 valence electrons. The number of hydrazine groups is 1. The maximum absolute atomic E-state index is 15.2. The summed E-state index contributed by atoms with van der Waals surface area (Å²) in [4.78, 5) is 16.7. The first-order valence-electron chi connectivity index (χ1n) is 11.4. The van der Waals surface area contributed by atoms with Gasteiger partial charge >= 0.3 is 6.18 Å². The first-order valence-corrected chi connectivity index (χ1v) is 11.4. The topological polar surface area (TPSA) is 47.6 Å². The monoisotopic (exact) mass is 434 g/mol. The Morgan fingerprint density at radius 3 is 2.53 bits per heavy atom. The molecular weight excluding hydrogens is 400 g/mol. The molecule has 2 saturated heterocycles. The van der Waals surface area contributed by atoms with Gasteiger partial charge in [0.2, 0.25) is 5.91 Å². The molecule has 2 aliphatic carbocycles. The Labute approximate surface area is 175 Å². The van der Waals surface area contributed by atoms with Crippen LogP contribution in [0.4, 0.5) is 17.6 Å². The molecule has 2 aliphatic heterocycles. The van der Waals surface area contributed by atoms with E-state index in [2.05, 4.69) is 10.9 Å². The second-order valence-corrected chi connectivity index (χ2v) is 9.91. The van der Waals surface area contributed by atoms with E-state index in [1.807, 2.05) is 18.9 Å². The van der Waals surface area contributed by atoms with Crippen LogP contribution in [0.5, 0.6) is 0 Å². The first-order chi connectivity index (χ1) is 14.2. The molecule has 8 atom stereocenters. The van der Waals surface area contributed by atoms with Crippen molar-refractivity contribution in [2.45, 2.75) is 76.4 Å².